The van der Waals surface area contributed by atoms with E-state index in [2.05, 4.69) is 38.7 Å². The van der Waals surface area contributed by atoms with Crippen molar-refractivity contribution in [2.45, 2.75) is 46.0 Å². The van der Waals surface area contributed by atoms with E-state index in [1.807, 2.05) is 18.5 Å². The summed E-state index contributed by atoms with van der Waals surface area (Å²) < 4.78 is 0. The molecule has 2 rings (SSSR count). The van der Waals surface area contributed by atoms with Crippen LogP contribution in [0.15, 0.2) is 24.5 Å². The molecule has 0 aliphatic carbocycles. The maximum absolute atomic E-state index is 4.80. The van der Waals surface area contributed by atoms with Crippen LogP contribution in [0.5, 0.6) is 0 Å². The Morgan fingerprint density at radius 2 is 2.00 bits per heavy atom. The Kier molecular flexibility index (Phi) is 3.41. The monoisotopic (exact) mass is 228 g/mol. The zero-order valence-electron chi connectivity index (χ0n) is 11.1. The summed E-state index contributed by atoms with van der Waals surface area (Å²) in [6.07, 6.45) is 4.81. The van der Waals surface area contributed by atoms with Crippen molar-refractivity contribution in [3.63, 3.8) is 0 Å². The van der Waals surface area contributed by atoms with E-state index in [1.54, 1.807) is 0 Å². The van der Waals surface area contributed by atoms with Gasteiger partial charge in [0.25, 0.3) is 0 Å². The molecule has 17 heavy (non-hydrogen) atoms. The van der Waals surface area contributed by atoms with Gasteiger partial charge in [0, 0.05) is 17.3 Å². The van der Waals surface area contributed by atoms with E-state index in [0.29, 0.717) is 11.8 Å². The largest absolute Gasteiger partial charge is 0.262 e. The molecule has 2 heteroatoms. The highest BCUT2D eigenvalue weighted by atomic mass is 14.7. The third-order valence-electron chi connectivity index (χ3n) is 3.38. The van der Waals surface area contributed by atoms with Crippen LogP contribution in [0.3, 0.4) is 0 Å². The molecule has 0 N–H and O–H groups in total. The number of nitrogens with zero attached hydrogens (tertiary/aromatic N) is 2. The molecule has 0 amide bonds. The Balaban J connectivity index is 2.66. The van der Waals surface area contributed by atoms with Gasteiger partial charge in [-0.25, -0.2) is 0 Å². The Morgan fingerprint density at radius 1 is 1.24 bits per heavy atom. The van der Waals surface area contributed by atoms with Crippen LogP contribution in [0.25, 0.3) is 10.9 Å². The minimum Gasteiger partial charge on any atom is -0.262 e. The molecule has 2 aromatic rings. The molecule has 2 aromatic heterocycles. The highest BCUT2D eigenvalue weighted by molar-refractivity contribution is 5.78. The Morgan fingerprint density at radius 3 is 2.65 bits per heavy atom. The quantitative estimate of drug-likeness (QED) is 0.784. The van der Waals surface area contributed by atoms with E-state index in [-0.39, 0.29) is 0 Å². The van der Waals surface area contributed by atoms with Crippen molar-refractivity contribution >= 4 is 10.9 Å². The second kappa shape index (κ2) is 4.82. The van der Waals surface area contributed by atoms with E-state index in [1.165, 1.54) is 16.6 Å². The summed E-state index contributed by atoms with van der Waals surface area (Å²) in [6.45, 7) is 8.92. The molecule has 0 aromatic carbocycles. The molecule has 2 nitrogen and oxygen atoms in total. The van der Waals surface area contributed by atoms with Crippen molar-refractivity contribution in [2.75, 3.05) is 0 Å². The van der Waals surface area contributed by atoms with Gasteiger partial charge in [-0.3, -0.25) is 9.97 Å². The first-order valence-corrected chi connectivity index (χ1v) is 6.38. The summed E-state index contributed by atoms with van der Waals surface area (Å²) in [7, 11) is 0. The van der Waals surface area contributed by atoms with Gasteiger partial charge in [-0.15, -0.1) is 0 Å². The van der Waals surface area contributed by atoms with Crippen molar-refractivity contribution in [1.29, 1.82) is 0 Å². The molecule has 0 bridgehead atoms. The van der Waals surface area contributed by atoms with Crippen molar-refractivity contribution in [2.24, 2.45) is 0 Å². The third kappa shape index (κ3) is 2.31. The van der Waals surface area contributed by atoms with Crippen LogP contribution >= 0.6 is 0 Å². The van der Waals surface area contributed by atoms with Gasteiger partial charge in [0.15, 0.2) is 0 Å². The highest BCUT2D eigenvalue weighted by Crippen LogP contribution is 2.29. The Labute approximate surface area is 103 Å². The standard InChI is InChI=1S/C15H20N2/c1-5-11(4)15-13(10(2)3)8-12-6-7-16-9-14(12)17-15/h6-11H,5H2,1-4H3. The SMILES string of the molecule is CCC(C)c1nc2cnccc2cc1C(C)C. The first-order valence-electron chi connectivity index (χ1n) is 6.38. The van der Waals surface area contributed by atoms with Crippen molar-refractivity contribution in [3.8, 4) is 0 Å². The van der Waals surface area contributed by atoms with Crippen LogP contribution in [0.1, 0.15) is 57.2 Å². The van der Waals surface area contributed by atoms with Crippen molar-refractivity contribution in [3.05, 3.63) is 35.8 Å². The van der Waals surface area contributed by atoms with E-state index >= 15 is 0 Å². The molecular formula is C15H20N2. The second-order valence-electron chi connectivity index (χ2n) is 5.00. The van der Waals surface area contributed by atoms with Gasteiger partial charge >= 0.3 is 0 Å². The molecule has 0 saturated heterocycles. The molecule has 0 aliphatic heterocycles. The number of rotatable bonds is 3. The van der Waals surface area contributed by atoms with Crippen LogP contribution in [0, 0.1) is 0 Å². The highest BCUT2D eigenvalue weighted by Gasteiger charge is 2.14. The van der Waals surface area contributed by atoms with Crippen LogP contribution in [0.4, 0.5) is 0 Å². The summed E-state index contributed by atoms with van der Waals surface area (Å²) in [6, 6.07) is 4.31. The smallest absolute Gasteiger partial charge is 0.0888 e. The number of hydrogen-bond donors (Lipinski definition) is 0. The maximum atomic E-state index is 4.80. The average molecular weight is 228 g/mol. The fraction of sp³-hybridized carbons (Fsp3) is 0.467. The Hall–Kier alpha value is -1.44. The minimum absolute atomic E-state index is 0.511. The number of aromatic nitrogens is 2. The van der Waals surface area contributed by atoms with Crippen molar-refractivity contribution in [1.82, 2.24) is 9.97 Å². The number of fused-ring (bicyclic) bond motifs is 1. The van der Waals surface area contributed by atoms with Crippen LogP contribution in [-0.4, -0.2) is 9.97 Å². The van der Waals surface area contributed by atoms with Gasteiger partial charge in [-0.1, -0.05) is 27.7 Å². The maximum Gasteiger partial charge on any atom is 0.0888 e. The third-order valence-corrected chi connectivity index (χ3v) is 3.38. The second-order valence-corrected chi connectivity index (χ2v) is 5.00. The molecule has 0 aliphatic rings. The fourth-order valence-electron chi connectivity index (χ4n) is 2.10. The van der Waals surface area contributed by atoms with Gasteiger partial charge in [0.05, 0.1) is 11.7 Å². The van der Waals surface area contributed by atoms with Gasteiger partial charge in [0.1, 0.15) is 0 Å². The summed E-state index contributed by atoms with van der Waals surface area (Å²) in [5.41, 5.74) is 3.62. The van der Waals surface area contributed by atoms with Crippen LogP contribution in [0.2, 0.25) is 0 Å². The molecule has 0 saturated carbocycles. The lowest BCUT2D eigenvalue weighted by Gasteiger charge is -2.17. The lowest BCUT2D eigenvalue weighted by atomic mass is 9.92. The molecule has 90 valence electrons. The van der Waals surface area contributed by atoms with Gasteiger partial charge in [-0.05, 0) is 36.0 Å². The topological polar surface area (TPSA) is 25.8 Å². The first-order chi connectivity index (χ1) is 8.13. The van der Waals surface area contributed by atoms with E-state index in [4.69, 9.17) is 4.98 Å². The summed E-state index contributed by atoms with van der Waals surface area (Å²) in [5, 5.41) is 1.19. The molecule has 1 atom stereocenters. The van der Waals surface area contributed by atoms with Crippen LogP contribution < -0.4 is 0 Å². The predicted octanol–water partition coefficient (Wildman–Crippen LogP) is 4.27. The normalized spacial score (nSPS) is 13.2. The molecule has 0 fully saturated rings. The summed E-state index contributed by atoms with van der Waals surface area (Å²) in [5.74, 6) is 1.03. The molecule has 1 unspecified atom stereocenters. The molecule has 0 spiro atoms. The summed E-state index contributed by atoms with van der Waals surface area (Å²) >= 11 is 0. The molecule has 2 heterocycles. The van der Waals surface area contributed by atoms with Crippen molar-refractivity contribution < 1.29 is 0 Å². The van der Waals surface area contributed by atoms with Gasteiger partial charge in [0.2, 0.25) is 0 Å². The van der Waals surface area contributed by atoms with E-state index in [9.17, 15) is 0 Å². The first kappa shape index (κ1) is 12.0. The number of hydrogen-bond acceptors (Lipinski definition) is 2. The van der Waals surface area contributed by atoms with E-state index < -0.39 is 0 Å². The van der Waals surface area contributed by atoms with Crippen LogP contribution in [-0.2, 0) is 0 Å². The predicted molar refractivity (Wildman–Crippen MR) is 72.3 cm³/mol. The molecule has 0 radical (unpaired) electrons. The average Bonchev–Trinajstić information content (AvgIpc) is 2.36. The zero-order valence-corrected chi connectivity index (χ0v) is 11.1. The fourth-order valence-corrected chi connectivity index (χ4v) is 2.10. The Bertz CT molecular complexity index is 517. The van der Waals surface area contributed by atoms with E-state index in [0.717, 1.165) is 11.9 Å². The molecular weight excluding hydrogens is 208 g/mol. The summed E-state index contributed by atoms with van der Waals surface area (Å²) in [4.78, 5) is 8.96. The lowest BCUT2D eigenvalue weighted by molar-refractivity contribution is 0.685. The van der Waals surface area contributed by atoms with Gasteiger partial charge < -0.3 is 0 Å². The zero-order chi connectivity index (χ0) is 12.4. The van der Waals surface area contributed by atoms with Gasteiger partial charge in [-0.2, -0.15) is 0 Å². The number of pyridine rings is 2. The lowest BCUT2D eigenvalue weighted by Crippen LogP contribution is -2.04. The minimum atomic E-state index is 0.511.